The molecule has 0 aliphatic heterocycles. The number of nitrogens with zero attached hydrogens (tertiary/aromatic N) is 2. The minimum absolute atomic E-state index is 0.203. The van der Waals surface area contributed by atoms with Crippen molar-refractivity contribution in [2.75, 3.05) is 19.6 Å². The van der Waals surface area contributed by atoms with Gasteiger partial charge in [-0.3, -0.25) is 0 Å². The summed E-state index contributed by atoms with van der Waals surface area (Å²) in [5, 5.41) is 0. The molecule has 0 radical (unpaired) electrons. The molecule has 0 saturated carbocycles. The van der Waals surface area contributed by atoms with E-state index in [2.05, 4.69) is 48.7 Å². The SMILES string of the molecule is CCCC(N)c1ccn(CCN(CC)CC)c1. The maximum absolute atomic E-state index is 6.10. The summed E-state index contributed by atoms with van der Waals surface area (Å²) in [4.78, 5) is 2.44. The molecule has 2 N–H and O–H groups in total. The number of aromatic nitrogens is 1. The molecule has 1 unspecified atom stereocenters. The van der Waals surface area contributed by atoms with Crippen molar-refractivity contribution in [1.82, 2.24) is 9.47 Å². The zero-order valence-electron chi connectivity index (χ0n) is 11.5. The third-order valence-corrected chi connectivity index (χ3v) is 3.37. The predicted octanol–water partition coefficient (Wildman–Crippen LogP) is 2.63. The van der Waals surface area contributed by atoms with Crippen molar-refractivity contribution >= 4 is 0 Å². The summed E-state index contributed by atoms with van der Waals surface area (Å²) in [5.41, 5.74) is 7.37. The van der Waals surface area contributed by atoms with Gasteiger partial charge in [0.25, 0.3) is 0 Å². The zero-order chi connectivity index (χ0) is 12.7. The first-order valence-electron chi connectivity index (χ1n) is 6.84. The van der Waals surface area contributed by atoms with Crippen LogP contribution in [0.15, 0.2) is 18.5 Å². The standard InChI is InChI=1S/C14H27N3/c1-4-7-14(15)13-8-9-17(12-13)11-10-16(5-2)6-3/h8-9,12,14H,4-7,10-11,15H2,1-3H3. The Balaban J connectivity index is 2.45. The Hall–Kier alpha value is -0.800. The van der Waals surface area contributed by atoms with Crippen molar-refractivity contribution < 1.29 is 0 Å². The molecule has 1 rings (SSSR count). The normalized spacial score (nSPS) is 13.2. The molecule has 3 heteroatoms. The van der Waals surface area contributed by atoms with Crippen molar-refractivity contribution in [3.8, 4) is 0 Å². The second-order valence-electron chi connectivity index (χ2n) is 4.60. The van der Waals surface area contributed by atoms with E-state index in [-0.39, 0.29) is 6.04 Å². The molecule has 3 nitrogen and oxygen atoms in total. The van der Waals surface area contributed by atoms with Crippen molar-refractivity contribution in [2.24, 2.45) is 5.73 Å². The highest BCUT2D eigenvalue weighted by Gasteiger charge is 2.06. The lowest BCUT2D eigenvalue weighted by atomic mass is 10.1. The van der Waals surface area contributed by atoms with Gasteiger partial charge >= 0.3 is 0 Å². The van der Waals surface area contributed by atoms with Crippen LogP contribution in [-0.4, -0.2) is 29.1 Å². The van der Waals surface area contributed by atoms with E-state index >= 15 is 0 Å². The Morgan fingerprint density at radius 3 is 2.59 bits per heavy atom. The highest BCUT2D eigenvalue weighted by atomic mass is 15.1. The maximum Gasteiger partial charge on any atom is 0.0347 e. The van der Waals surface area contributed by atoms with Gasteiger partial charge in [0, 0.05) is 31.5 Å². The Morgan fingerprint density at radius 1 is 1.29 bits per heavy atom. The average Bonchev–Trinajstić information content (AvgIpc) is 2.79. The molecule has 0 saturated heterocycles. The highest BCUT2D eigenvalue weighted by Crippen LogP contribution is 2.15. The third kappa shape index (κ3) is 4.52. The number of hydrogen-bond donors (Lipinski definition) is 1. The van der Waals surface area contributed by atoms with Gasteiger partial charge in [-0.15, -0.1) is 0 Å². The van der Waals surface area contributed by atoms with Gasteiger partial charge in [0.15, 0.2) is 0 Å². The van der Waals surface area contributed by atoms with Gasteiger partial charge in [0.05, 0.1) is 0 Å². The van der Waals surface area contributed by atoms with Crippen LogP contribution in [0.2, 0.25) is 0 Å². The van der Waals surface area contributed by atoms with Crippen LogP contribution in [0.1, 0.15) is 45.2 Å². The van der Waals surface area contributed by atoms with Crippen molar-refractivity contribution in [2.45, 2.75) is 46.2 Å². The van der Waals surface area contributed by atoms with Crippen molar-refractivity contribution in [1.29, 1.82) is 0 Å². The molecule has 0 fully saturated rings. The number of likely N-dealkylation sites (N-methyl/N-ethyl adjacent to an activating group) is 1. The van der Waals surface area contributed by atoms with E-state index in [0.29, 0.717) is 0 Å². The van der Waals surface area contributed by atoms with Crippen LogP contribution >= 0.6 is 0 Å². The largest absolute Gasteiger partial charge is 0.353 e. The van der Waals surface area contributed by atoms with Gasteiger partial charge in [0.2, 0.25) is 0 Å². The molecule has 17 heavy (non-hydrogen) atoms. The molecule has 1 heterocycles. The molecule has 98 valence electrons. The summed E-state index contributed by atoms with van der Waals surface area (Å²) in [6.07, 6.45) is 6.56. The maximum atomic E-state index is 6.10. The predicted molar refractivity (Wildman–Crippen MR) is 74.1 cm³/mol. The lowest BCUT2D eigenvalue weighted by Crippen LogP contribution is -2.26. The Kier molecular flexibility index (Phi) is 6.30. The second kappa shape index (κ2) is 7.51. The van der Waals surface area contributed by atoms with Gasteiger partial charge in [0.1, 0.15) is 0 Å². The van der Waals surface area contributed by atoms with Gasteiger partial charge in [-0.05, 0) is 31.1 Å². The zero-order valence-corrected chi connectivity index (χ0v) is 11.5. The van der Waals surface area contributed by atoms with Crippen LogP contribution in [0.4, 0.5) is 0 Å². The molecular weight excluding hydrogens is 210 g/mol. The molecule has 1 aromatic rings. The average molecular weight is 237 g/mol. The van der Waals surface area contributed by atoms with E-state index in [1.807, 2.05) is 0 Å². The molecule has 0 amide bonds. The lowest BCUT2D eigenvalue weighted by Gasteiger charge is -2.18. The summed E-state index contributed by atoms with van der Waals surface area (Å²) in [6, 6.07) is 2.36. The van der Waals surface area contributed by atoms with E-state index in [1.165, 1.54) is 5.56 Å². The minimum Gasteiger partial charge on any atom is -0.353 e. The van der Waals surface area contributed by atoms with E-state index in [4.69, 9.17) is 5.73 Å². The smallest absolute Gasteiger partial charge is 0.0347 e. The van der Waals surface area contributed by atoms with E-state index < -0.39 is 0 Å². The van der Waals surface area contributed by atoms with Crippen LogP contribution < -0.4 is 5.73 Å². The van der Waals surface area contributed by atoms with E-state index in [0.717, 1.165) is 39.0 Å². The minimum atomic E-state index is 0.203. The van der Waals surface area contributed by atoms with Crippen LogP contribution in [0, 0.1) is 0 Å². The fourth-order valence-corrected chi connectivity index (χ4v) is 2.09. The van der Waals surface area contributed by atoms with Gasteiger partial charge in [-0.25, -0.2) is 0 Å². The molecule has 1 atom stereocenters. The summed E-state index contributed by atoms with van der Waals surface area (Å²) in [5.74, 6) is 0. The first-order valence-corrected chi connectivity index (χ1v) is 6.84. The summed E-state index contributed by atoms with van der Waals surface area (Å²) in [6.45, 7) is 11.0. The molecule has 1 aromatic heterocycles. The first kappa shape index (κ1) is 14.3. The molecule has 0 aliphatic rings. The molecule has 0 spiro atoms. The number of nitrogens with two attached hydrogens (primary N) is 1. The van der Waals surface area contributed by atoms with Gasteiger partial charge in [-0.2, -0.15) is 0 Å². The first-order chi connectivity index (χ1) is 8.21. The van der Waals surface area contributed by atoms with Crippen LogP contribution in [-0.2, 0) is 6.54 Å². The highest BCUT2D eigenvalue weighted by molar-refractivity contribution is 5.14. The van der Waals surface area contributed by atoms with Crippen molar-refractivity contribution in [3.05, 3.63) is 24.0 Å². The van der Waals surface area contributed by atoms with Crippen LogP contribution in [0.3, 0.4) is 0 Å². The summed E-state index contributed by atoms with van der Waals surface area (Å²) < 4.78 is 2.25. The Labute approximate surface area is 106 Å². The summed E-state index contributed by atoms with van der Waals surface area (Å²) in [7, 11) is 0. The van der Waals surface area contributed by atoms with Crippen LogP contribution in [0.25, 0.3) is 0 Å². The molecule has 0 aromatic carbocycles. The number of rotatable bonds is 8. The topological polar surface area (TPSA) is 34.2 Å². The monoisotopic (exact) mass is 237 g/mol. The fourth-order valence-electron chi connectivity index (χ4n) is 2.09. The van der Waals surface area contributed by atoms with E-state index in [9.17, 15) is 0 Å². The fraction of sp³-hybridized carbons (Fsp3) is 0.714. The van der Waals surface area contributed by atoms with Crippen molar-refractivity contribution in [3.63, 3.8) is 0 Å². The van der Waals surface area contributed by atoms with Gasteiger partial charge < -0.3 is 15.2 Å². The Bertz CT molecular complexity index is 302. The molecular formula is C14H27N3. The second-order valence-corrected chi connectivity index (χ2v) is 4.60. The van der Waals surface area contributed by atoms with E-state index in [1.54, 1.807) is 0 Å². The summed E-state index contributed by atoms with van der Waals surface area (Å²) >= 11 is 0. The van der Waals surface area contributed by atoms with Crippen LogP contribution in [0.5, 0.6) is 0 Å². The van der Waals surface area contributed by atoms with Gasteiger partial charge in [-0.1, -0.05) is 27.2 Å². The third-order valence-electron chi connectivity index (χ3n) is 3.37. The molecule has 0 aliphatic carbocycles. The quantitative estimate of drug-likeness (QED) is 0.754. The Morgan fingerprint density at radius 2 is 2.00 bits per heavy atom. The lowest BCUT2D eigenvalue weighted by molar-refractivity contribution is 0.290. The molecule has 0 bridgehead atoms. The number of hydrogen-bond acceptors (Lipinski definition) is 2.